The molecule has 0 aliphatic carbocycles. The quantitative estimate of drug-likeness (QED) is 0.173. The van der Waals surface area contributed by atoms with E-state index >= 15 is 0 Å². The second-order valence-corrected chi connectivity index (χ2v) is 12.8. The highest BCUT2D eigenvalue weighted by atomic mass is 16.3. The minimum atomic E-state index is 0.568. The number of rotatable bonds is 5. The molecule has 0 N–H and O–H groups in total. The number of hydrogen-bond acceptors (Lipinski definition) is 5. The average molecular weight is 656 g/mol. The van der Waals surface area contributed by atoms with Crippen LogP contribution in [0.4, 0.5) is 11.4 Å². The number of nitrogens with zero attached hydrogens (tertiary/aromatic N) is 5. The molecule has 6 heteroatoms. The van der Waals surface area contributed by atoms with Crippen molar-refractivity contribution in [2.45, 2.75) is 6.92 Å². The van der Waals surface area contributed by atoms with Gasteiger partial charge >= 0.3 is 0 Å². The summed E-state index contributed by atoms with van der Waals surface area (Å²) in [6.07, 6.45) is 1.75. The van der Waals surface area contributed by atoms with Crippen LogP contribution in [0, 0.1) is 0 Å². The Morgan fingerprint density at radius 2 is 1.10 bits per heavy atom. The van der Waals surface area contributed by atoms with Crippen molar-refractivity contribution in [2.24, 2.45) is 9.98 Å². The largest absolute Gasteiger partial charge is 0.456 e. The van der Waals surface area contributed by atoms with Gasteiger partial charge in [0.25, 0.3) is 0 Å². The van der Waals surface area contributed by atoms with Gasteiger partial charge in [-0.2, -0.15) is 0 Å². The molecule has 3 heterocycles. The first kappa shape index (κ1) is 29.0. The lowest BCUT2D eigenvalue weighted by molar-refractivity contribution is 0.669. The van der Waals surface area contributed by atoms with Gasteiger partial charge in [0.15, 0.2) is 0 Å². The fraction of sp³-hybridized carbons (Fsp3) is 0.0222. The summed E-state index contributed by atoms with van der Waals surface area (Å²) in [5.41, 5.74) is 9.11. The van der Waals surface area contributed by atoms with Crippen molar-refractivity contribution in [3.05, 3.63) is 140 Å². The van der Waals surface area contributed by atoms with Gasteiger partial charge in [-0.1, -0.05) is 84.9 Å². The molecule has 240 valence electrons. The van der Waals surface area contributed by atoms with E-state index in [4.69, 9.17) is 19.6 Å². The molecule has 10 aromatic rings. The summed E-state index contributed by atoms with van der Waals surface area (Å²) in [7, 11) is 0. The third kappa shape index (κ3) is 4.50. The Balaban J connectivity index is 1.12. The molecule has 10 rings (SSSR count). The zero-order valence-corrected chi connectivity index (χ0v) is 27.7. The molecule has 0 aliphatic heterocycles. The zero-order chi connectivity index (χ0) is 34.1. The van der Waals surface area contributed by atoms with Gasteiger partial charge in [0.2, 0.25) is 0 Å². The van der Waals surface area contributed by atoms with Gasteiger partial charge in [0, 0.05) is 44.6 Å². The smallest absolute Gasteiger partial charge is 0.136 e. The Kier molecular flexibility index (Phi) is 6.45. The van der Waals surface area contributed by atoms with Gasteiger partial charge < -0.3 is 8.98 Å². The Morgan fingerprint density at radius 3 is 1.73 bits per heavy atom. The maximum absolute atomic E-state index is 6.17. The normalized spacial score (nSPS) is 12.0. The third-order valence-corrected chi connectivity index (χ3v) is 9.89. The molecule has 0 spiro atoms. The molecule has 3 aromatic heterocycles. The predicted molar refractivity (Wildman–Crippen MR) is 213 cm³/mol. The van der Waals surface area contributed by atoms with Crippen LogP contribution < -0.4 is 0 Å². The SMILES string of the molecule is C=Nc1c(-c2ccc3c(c2)oc2ccccc23)nnc(-c2ccc(-n3c4cc5ccccc5cc4c4cc5ccccc5cc43)cc2)c1N=CC. The molecule has 0 unspecified atom stereocenters. The molecule has 0 atom stereocenters. The summed E-state index contributed by atoms with van der Waals surface area (Å²) in [5, 5.41) is 18.9. The molecule has 0 fully saturated rings. The number of benzene rings is 7. The maximum atomic E-state index is 6.17. The summed E-state index contributed by atoms with van der Waals surface area (Å²) >= 11 is 0. The van der Waals surface area contributed by atoms with E-state index in [-0.39, 0.29) is 0 Å². The second kappa shape index (κ2) is 11.3. The molecule has 0 radical (unpaired) electrons. The molecule has 0 saturated carbocycles. The average Bonchev–Trinajstić information content (AvgIpc) is 3.70. The van der Waals surface area contributed by atoms with E-state index in [1.807, 2.05) is 37.3 Å². The molecule has 51 heavy (non-hydrogen) atoms. The Morgan fingerprint density at radius 1 is 0.549 bits per heavy atom. The molecule has 0 bridgehead atoms. The molecule has 0 saturated heterocycles. The van der Waals surface area contributed by atoms with Crippen LogP contribution in [0.15, 0.2) is 154 Å². The summed E-state index contributed by atoms with van der Waals surface area (Å²) in [4.78, 5) is 9.21. The molecular weight excluding hydrogens is 627 g/mol. The van der Waals surface area contributed by atoms with Crippen molar-refractivity contribution in [1.82, 2.24) is 14.8 Å². The van der Waals surface area contributed by atoms with Gasteiger partial charge in [0.1, 0.15) is 33.9 Å². The highest BCUT2D eigenvalue weighted by Crippen LogP contribution is 2.44. The van der Waals surface area contributed by atoms with Gasteiger partial charge in [-0.3, -0.25) is 9.98 Å². The van der Waals surface area contributed by atoms with Crippen molar-refractivity contribution in [2.75, 3.05) is 0 Å². The van der Waals surface area contributed by atoms with E-state index in [2.05, 4.69) is 125 Å². The number of fused-ring (bicyclic) bond motifs is 8. The van der Waals surface area contributed by atoms with Crippen LogP contribution in [-0.2, 0) is 0 Å². The van der Waals surface area contributed by atoms with Crippen molar-refractivity contribution in [3.63, 3.8) is 0 Å². The van der Waals surface area contributed by atoms with Gasteiger partial charge in [0.05, 0.1) is 11.0 Å². The van der Waals surface area contributed by atoms with Crippen molar-refractivity contribution >= 4 is 89.6 Å². The van der Waals surface area contributed by atoms with Crippen LogP contribution in [0.25, 0.3) is 93.5 Å². The summed E-state index contributed by atoms with van der Waals surface area (Å²) < 4.78 is 8.53. The van der Waals surface area contributed by atoms with E-state index in [0.29, 0.717) is 22.8 Å². The lowest BCUT2D eigenvalue weighted by Crippen LogP contribution is -1.96. The molecule has 6 nitrogen and oxygen atoms in total. The molecule has 0 aliphatic rings. The summed E-state index contributed by atoms with van der Waals surface area (Å²) in [6.45, 7) is 5.81. The van der Waals surface area contributed by atoms with Crippen LogP contribution in [0.1, 0.15) is 6.92 Å². The molecule has 0 amide bonds. The predicted octanol–water partition coefficient (Wildman–Crippen LogP) is 12.2. The first-order valence-electron chi connectivity index (χ1n) is 16.9. The summed E-state index contributed by atoms with van der Waals surface area (Å²) in [6, 6.07) is 48.9. The van der Waals surface area contributed by atoms with E-state index in [1.165, 1.54) is 32.3 Å². The first-order chi connectivity index (χ1) is 25.2. The Hall–Kier alpha value is -6.92. The fourth-order valence-electron chi connectivity index (χ4n) is 7.52. The second-order valence-electron chi connectivity index (χ2n) is 12.8. The lowest BCUT2D eigenvalue weighted by Gasteiger charge is -2.13. The van der Waals surface area contributed by atoms with Crippen LogP contribution in [0.2, 0.25) is 0 Å². The third-order valence-electron chi connectivity index (χ3n) is 9.89. The number of hydrogen-bond donors (Lipinski definition) is 0. The number of aliphatic imine (C=N–C) groups is 2. The van der Waals surface area contributed by atoms with Crippen molar-refractivity contribution in [3.8, 4) is 28.2 Å². The van der Waals surface area contributed by atoms with Gasteiger partial charge in [-0.25, -0.2) is 0 Å². The minimum absolute atomic E-state index is 0.568. The van der Waals surface area contributed by atoms with E-state index < -0.39 is 0 Å². The van der Waals surface area contributed by atoms with Crippen LogP contribution in [-0.4, -0.2) is 27.7 Å². The minimum Gasteiger partial charge on any atom is -0.456 e. The number of furan rings is 1. The van der Waals surface area contributed by atoms with Gasteiger partial charge in [-0.15, -0.1) is 10.2 Å². The van der Waals surface area contributed by atoms with Crippen LogP contribution >= 0.6 is 0 Å². The fourth-order valence-corrected chi connectivity index (χ4v) is 7.52. The van der Waals surface area contributed by atoms with E-state index in [1.54, 1.807) is 6.21 Å². The molecule has 7 aromatic carbocycles. The van der Waals surface area contributed by atoms with Crippen molar-refractivity contribution in [1.29, 1.82) is 0 Å². The highest BCUT2D eigenvalue weighted by Gasteiger charge is 2.20. The van der Waals surface area contributed by atoms with E-state index in [9.17, 15) is 0 Å². The standard InChI is InChI=1S/C45H29N5O/c1-3-47-45-42(48-49-43(44(45)46-2)32-18-21-35-34-14-8-9-15-40(34)51-41(35)26-32)27-16-19-33(20-17-27)50-38-24-30-12-6-4-10-28(30)22-36(38)37-23-29-11-5-7-13-31(29)25-39(37)50/h3-26H,2H2,1H3. The number of aromatic nitrogens is 3. The zero-order valence-electron chi connectivity index (χ0n) is 27.7. The van der Waals surface area contributed by atoms with Crippen LogP contribution in [0.5, 0.6) is 0 Å². The van der Waals surface area contributed by atoms with E-state index in [0.717, 1.165) is 49.8 Å². The number of para-hydroxylation sites is 1. The van der Waals surface area contributed by atoms with Crippen LogP contribution in [0.3, 0.4) is 0 Å². The Labute approximate surface area is 292 Å². The van der Waals surface area contributed by atoms with Crippen molar-refractivity contribution < 1.29 is 4.42 Å². The maximum Gasteiger partial charge on any atom is 0.136 e. The first-order valence-corrected chi connectivity index (χ1v) is 16.9. The lowest BCUT2D eigenvalue weighted by atomic mass is 10.0. The summed E-state index contributed by atoms with van der Waals surface area (Å²) in [5.74, 6) is 0. The molecular formula is C45H29N5O. The Bertz CT molecular complexity index is 2970. The topological polar surface area (TPSA) is 68.6 Å². The van der Waals surface area contributed by atoms with Gasteiger partial charge in [-0.05, 0) is 89.8 Å². The highest BCUT2D eigenvalue weighted by molar-refractivity contribution is 6.16. The monoisotopic (exact) mass is 655 g/mol.